The molecule has 1 aromatic heterocycles. The molecule has 0 aliphatic carbocycles. The molecule has 3 rings (SSSR count). The van der Waals surface area contributed by atoms with Crippen molar-refractivity contribution in [2.75, 3.05) is 0 Å². The number of para-hydroxylation sites is 1. The van der Waals surface area contributed by atoms with Gasteiger partial charge in [-0.2, -0.15) is 0 Å². The SMILES string of the molecule is c1ccc(Sc2ccnc3ccccc23)cc1. The van der Waals surface area contributed by atoms with Gasteiger partial charge in [-0.1, -0.05) is 48.2 Å². The highest BCUT2D eigenvalue weighted by molar-refractivity contribution is 7.99. The summed E-state index contributed by atoms with van der Waals surface area (Å²) in [5.74, 6) is 0. The predicted molar refractivity (Wildman–Crippen MR) is 72.3 cm³/mol. The van der Waals surface area contributed by atoms with Crippen LogP contribution in [0.25, 0.3) is 10.9 Å². The number of hydrogen-bond donors (Lipinski definition) is 0. The van der Waals surface area contributed by atoms with E-state index in [4.69, 9.17) is 0 Å². The lowest BCUT2D eigenvalue weighted by molar-refractivity contribution is 1.34. The summed E-state index contributed by atoms with van der Waals surface area (Å²) in [6, 6.07) is 20.7. The third kappa shape index (κ3) is 2.17. The molecule has 17 heavy (non-hydrogen) atoms. The Morgan fingerprint density at radius 3 is 2.41 bits per heavy atom. The molecule has 2 aromatic carbocycles. The fourth-order valence-electron chi connectivity index (χ4n) is 1.77. The predicted octanol–water partition coefficient (Wildman–Crippen LogP) is 4.39. The lowest BCUT2D eigenvalue weighted by Gasteiger charge is -2.05. The van der Waals surface area contributed by atoms with Crippen LogP contribution in [0.2, 0.25) is 0 Å². The van der Waals surface area contributed by atoms with Crippen LogP contribution in [0.1, 0.15) is 0 Å². The van der Waals surface area contributed by atoms with Gasteiger partial charge in [-0.3, -0.25) is 4.98 Å². The Balaban J connectivity index is 2.06. The van der Waals surface area contributed by atoms with Crippen LogP contribution in [0.3, 0.4) is 0 Å². The van der Waals surface area contributed by atoms with Gasteiger partial charge in [-0.15, -0.1) is 0 Å². The fraction of sp³-hybridized carbons (Fsp3) is 0. The van der Waals surface area contributed by atoms with Gasteiger partial charge in [0.05, 0.1) is 5.52 Å². The number of rotatable bonds is 2. The normalized spacial score (nSPS) is 10.6. The van der Waals surface area contributed by atoms with Crippen LogP contribution in [-0.2, 0) is 0 Å². The van der Waals surface area contributed by atoms with Crippen LogP contribution >= 0.6 is 11.8 Å². The first-order chi connectivity index (χ1) is 8.43. The molecule has 0 bridgehead atoms. The Morgan fingerprint density at radius 2 is 1.53 bits per heavy atom. The maximum atomic E-state index is 4.37. The molecular formula is C15H11NS. The number of benzene rings is 2. The van der Waals surface area contributed by atoms with E-state index in [0.717, 1.165) is 5.52 Å². The van der Waals surface area contributed by atoms with Gasteiger partial charge >= 0.3 is 0 Å². The van der Waals surface area contributed by atoms with Gasteiger partial charge in [0, 0.05) is 21.4 Å². The molecule has 0 radical (unpaired) electrons. The first kappa shape index (κ1) is 10.4. The Morgan fingerprint density at radius 1 is 0.765 bits per heavy atom. The number of nitrogens with zero attached hydrogens (tertiary/aromatic N) is 1. The first-order valence-electron chi connectivity index (χ1n) is 5.50. The van der Waals surface area contributed by atoms with Gasteiger partial charge in [0.1, 0.15) is 0 Å². The second kappa shape index (κ2) is 4.60. The molecule has 1 nitrogen and oxygen atoms in total. The minimum Gasteiger partial charge on any atom is -0.256 e. The maximum Gasteiger partial charge on any atom is 0.0713 e. The Bertz CT molecular complexity index is 629. The average molecular weight is 237 g/mol. The number of aromatic nitrogens is 1. The molecule has 0 aliphatic heterocycles. The number of pyridine rings is 1. The van der Waals surface area contributed by atoms with Crippen LogP contribution in [0.15, 0.2) is 76.7 Å². The molecule has 0 spiro atoms. The highest BCUT2D eigenvalue weighted by Crippen LogP contribution is 2.32. The van der Waals surface area contributed by atoms with Crippen LogP contribution in [0, 0.1) is 0 Å². The molecule has 0 atom stereocenters. The molecule has 0 unspecified atom stereocenters. The van der Waals surface area contributed by atoms with Gasteiger partial charge in [0.2, 0.25) is 0 Å². The van der Waals surface area contributed by atoms with Gasteiger partial charge < -0.3 is 0 Å². The quantitative estimate of drug-likeness (QED) is 0.655. The fourth-order valence-corrected chi connectivity index (χ4v) is 2.73. The number of hydrogen-bond acceptors (Lipinski definition) is 2. The van der Waals surface area contributed by atoms with Crippen molar-refractivity contribution in [3.8, 4) is 0 Å². The van der Waals surface area contributed by atoms with Crippen molar-refractivity contribution in [2.24, 2.45) is 0 Å². The number of fused-ring (bicyclic) bond motifs is 1. The van der Waals surface area contributed by atoms with E-state index in [-0.39, 0.29) is 0 Å². The molecule has 0 saturated heterocycles. The van der Waals surface area contributed by atoms with Crippen LogP contribution in [0.4, 0.5) is 0 Å². The van der Waals surface area contributed by atoms with Crippen molar-refractivity contribution >= 4 is 22.7 Å². The van der Waals surface area contributed by atoms with E-state index < -0.39 is 0 Å². The third-order valence-electron chi connectivity index (χ3n) is 2.58. The van der Waals surface area contributed by atoms with Crippen molar-refractivity contribution in [3.63, 3.8) is 0 Å². The zero-order valence-corrected chi connectivity index (χ0v) is 10.0. The summed E-state index contributed by atoms with van der Waals surface area (Å²) >= 11 is 1.78. The third-order valence-corrected chi connectivity index (χ3v) is 3.66. The van der Waals surface area contributed by atoms with E-state index in [1.807, 2.05) is 24.4 Å². The van der Waals surface area contributed by atoms with Crippen molar-refractivity contribution in [1.29, 1.82) is 0 Å². The second-order valence-electron chi connectivity index (χ2n) is 3.74. The molecule has 0 amide bonds. The zero-order chi connectivity index (χ0) is 11.5. The van der Waals surface area contributed by atoms with Crippen molar-refractivity contribution in [1.82, 2.24) is 4.98 Å². The molecular weight excluding hydrogens is 226 g/mol. The lowest BCUT2D eigenvalue weighted by atomic mass is 10.2. The van der Waals surface area contributed by atoms with E-state index in [2.05, 4.69) is 47.4 Å². The zero-order valence-electron chi connectivity index (χ0n) is 9.21. The van der Waals surface area contributed by atoms with E-state index in [0.29, 0.717) is 0 Å². The van der Waals surface area contributed by atoms with Gasteiger partial charge in [-0.25, -0.2) is 0 Å². The van der Waals surface area contributed by atoms with Crippen molar-refractivity contribution in [3.05, 3.63) is 66.9 Å². The Labute approximate surface area is 105 Å². The summed E-state index contributed by atoms with van der Waals surface area (Å²) in [4.78, 5) is 6.88. The van der Waals surface area contributed by atoms with Gasteiger partial charge in [0.25, 0.3) is 0 Å². The molecule has 2 heteroatoms. The summed E-state index contributed by atoms with van der Waals surface area (Å²) in [6.45, 7) is 0. The maximum absolute atomic E-state index is 4.37. The standard InChI is InChI=1S/C15H11NS/c1-2-6-12(7-3-1)17-15-10-11-16-14-9-5-4-8-13(14)15/h1-11H. The van der Waals surface area contributed by atoms with Crippen LogP contribution in [-0.4, -0.2) is 4.98 Å². The minimum atomic E-state index is 1.05. The minimum absolute atomic E-state index is 1.05. The summed E-state index contributed by atoms with van der Waals surface area (Å²) in [6.07, 6.45) is 1.87. The van der Waals surface area contributed by atoms with Gasteiger partial charge in [0.15, 0.2) is 0 Å². The van der Waals surface area contributed by atoms with Gasteiger partial charge in [-0.05, 0) is 24.3 Å². The summed E-state index contributed by atoms with van der Waals surface area (Å²) in [7, 11) is 0. The second-order valence-corrected chi connectivity index (χ2v) is 4.86. The van der Waals surface area contributed by atoms with Crippen molar-refractivity contribution < 1.29 is 0 Å². The lowest BCUT2D eigenvalue weighted by Crippen LogP contribution is -1.81. The summed E-state index contributed by atoms with van der Waals surface area (Å²) < 4.78 is 0. The summed E-state index contributed by atoms with van der Waals surface area (Å²) in [5.41, 5.74) is 1.05. The molecule has 82 valence electrons. The molecule has 0 aliphatic rings. The van der Waals surface area contributed by atoms with Crippen LogP contribution in [0.5, 0.6) is 0 Å². The topological polar surface area (TPSA) is 12.9 Å². The monoisotopic (exact) mass is 237 g/mol. The van der Waals surface area contributed by atoms with Crippen LogP contribution < -0.4 is 0 Å². The summed E-state index contributed by atoms with van der Waals surface area (Å²) in [5, 5.41) is 1.21. The molecule has 3 aromatic rings. The largest absolute Gasteiger partial charge is 0.256 e. The highest BCUT2D eigenvalue weighted by atomic mass is 32.2. The van der Waals surface area contributed by atoms with E-state index in [9.17, 15) is 0 Å². The Kier molecular flexibility index (Phi) is 2.80. The molecule has 0 fully saturated rings. The van der Waals surface area contributed by atoms with Crippen molar-refractivity contribution in [2.45, 2.75) is 9.79 Å². The average Bonchev–Trinajstić information content (AvgIpc) is 2.40. The van der Waals surface area contributed by atoms with E-state index in [1.54, 1.807) is 11.8 Å². The smallest absolute Gasteiger partial charge is 0.0713 e. The molecule has 0 N–H and O–H groups in total. The molecule has 1 heterocycles. The first-order valence-corrected chi connectivity index (χ1v) is 6.32. The van der Waals surface area contributed by atoms with E-state index in [1.165, 1.54) is 15.2 Å². The highest BCUT2D eigenvalue weighted by Gasteiger charge is 2.02. The Hall–Kier alpha value is -1.80. The molecule has 0 saturated carbocycles. The van der Waals surface area contributed by atoms with E-state index >= 15 is 0 Å².